The Morgan fingerprint density at radius 2 is 1.75 bits per heavy atom. The number of esters is 1. The van der Waals surface area contributed by atoms with Gasteiger partial charge in [0.2, 0.25) is 0 Å². The third-order valence-corrected chi connectivity index (χ3v) is 6.94. The molecule has 11 heteroatoms. The van der Waals surface area contributed by atoms with Crippen LogP contribution < -0.4 is 14.9 Å². The summed E-state index contributed by atoms with van der Waals surface area (Å²) in [5, 5.41) is 4.44. The van der Waals surface area contributed by atoms with Crippen LogP contribution in [-0.2, 0) is 6.18 Å². The first kappa shape index (κ1) is 30.4. The van der Waals surface area contributed by atoms with Crippen molar-refractivity contribution in [3.05, 3.63) is 118 Å². The van der Waals surface area contributed by atoms with E-state index in [-0.39, 0.29) is 45.3 Å². The molecule has 0 aliphatic heterocycles. The largest absolute Gasteiger partial charge is 0.490 e. The number of aromatic amines is 1. The van der Waals surface area contributed by atoms with E-state index in [4.69, 9.17) is 21.1 Å². The van der Waals surface area contributed by atoms with Gasteiger partial charge in [-0.3, -0.25) is 4.79 Å². The van der Waals surface area contributed by atoms with E-state index in [0.717, 1.165) is 11.6 Å². The van der Waals surface area contributed by atoms with E-state index in [2.05, 4.69) is 15.5 Å². The topological polar surface area (TPSA) is 92.8 Å². The molecule has 224 valence electrons. The third-order valence-electron chi connectivity index (χ3n) is 6.61. The number of carbonyl (C=O) groups is 2. The number of halogens is 4. The second-order valence-corrected chi connectivity index (χ2v) is 10.1. The van der Waals surface area contributed by atoms with Gasteiger partial charge in [0.25, 0.3) is 5.91 Å². The normalized spacial score (nSPS) is 11.6. The first-order valence-electron chi connectivity index (χ1n) is 13.4. The number of para-hydroxylation sites is 1. The van der Waals surface area contributed by atoms with Crippen molar-refractivity contribution in [3.8, 4) is 22.6 Å². The number of amides is 1. The van der Waals surface area contributed by atoms with Gasteiger partial charge < -0.3 is 14.5 Å². The lowest BCUT2D eigenvalue weighted by atomic mass is 10.00. The molecule has 0 aliphatic rings. The number of hydrazone groups is 1. The van der Waals surface area contributed by atoms with Gasteiger partial charge in [0.05, 0.1) is 29.5 Å². The summed E-state index contributed by atoms with van der Waals surface area (Å²) in [4.78, 5) is 28.6. The highest BCUT2D eigenvalue weighted by molar-refractivity contribution is 6.34. The van der Waals surface area contributed by atoms with E-state index >= 15 is 0 Å². The van der Waals surface area contributed by atoms with Crippen LogP contribution in [0.1, 0.15) is 44.5 Å². The van der Waals surface area contributed by atoms with Crippen molar-refractivity contribution in [1.29, 1.82) is 0 Å². The first-order valence-corrected chi connectivity index (χ1v) is 13.8. The van der Waals surface area contributed by atoms with Gasteiger partial charge in [0.15, 0.2) is 11.5 Å². The summed E-state index contributed by atoms with van der Waals surface area (Å²) in [5.41, 5.74) is 3.44. The predicted molar refractivity (Wildman–Crippen MR) is 163 cm³/mol. The molecule has 1 aromatic heterocycles. The summed E-state index contributed by atoms with van der Waals surface area (Å²) in [5.74, 6) is -0.860. The summed E-state index contributed by atoms with van der Waals surface area (Å²) < 4.78 is 52.6. The fraction of sp³-hybridized carbons (Fsp3) is 0.121. The Morgan fingerprint density at radius 1 is 0.977 bits per heavy atom. The zero-order valence-electron chi connectivity index (χ0n) is 23.5. The van der Waals surface area contributed by atoms with Gasteiger partial charge in [-0.1, -0.05) is 59.6 Å². The number of aromatic nitrogens is 1. The van der Waals surface area contributed by atoms with Crippen molar-refractivity contribution in [2.45, 2.75) is 20.0 Å². The number of nitrogens with zero attached hydrogens (tertiary/aromatic N) is 1. The van der Waals surface area contributed by atoms with Crippen molar-refractivity contribution >= 4 is 40.6 Å². The van der Waals surface area contributed by atoms with Gasteiger partial charge >= 0.3 is 12.1 Å². The Bertz CT molecular complexity index is 1900. The Hall–Kier alpha value is -5.09. The minimum absolute atomic E-state index is 0.143. The molecule has 1 amide bonds. The van der Waals surface area contributed by atoms with Crippen LogP contribution in [-0.4, -0.2) is 29.7 Å². The van der Waals surface area contributed by atoms with Crippen LogP contribution in [0, 0.1) is 6.92 Å². The first-order chi connectivity index (χ1) is 21.1. The van der Waals surface area contributed by atoms with Crippen LogP contribution in [0.2, 0.25) is 5.02 Å². The van der Waals surface area contributed by atoms with E-state index < -0.39 is 23.6 Å². The molecule has 0 radical (unpaired) electrons. The van der Waals surface area contributed by atoms with Crippen molar-refractivity contribution in [2.24, 2.45) is 5.10 Å². The van der Waals surface area contributed by atoms with E-state index in [1.165, 1.54) is 24.4 Å². The summed E-state index contributed by atoms with van der Waals surface area (Å²) in [6.07, 6.45) is -3.33. The van der Waals surface area contributed by atoms with Gasteiger partial charge in [-0.25, -0.2) is 10.2 Å². The summed E-state index contributed by atoms with van der Waals surface area (Å²) in [7, 11) is 0. The minimum Gasteiger partial charge on any atom is -0.490 e. The number of carbonyl (C=O) groups excluding carboxylic acids is 2. The van der Waals surface area contributed by atoms with Gasteiger partial charge in [-0.15, -0.1) is 0 Å². The summed E-state index contributed by atoms with van der Waals surface area (Å²) in [6.45, 7) is 3.93. The maximum Gasteiger partial charge on any atom is 0.418 e. The molecule has 0 aliphatic carbocycles. The van der Waals surface area contributed by atoms with Crippen molar-refractivity contribution < 1.29 is 32.2 Å². The molecule has 0 bridgehead atoms. The Kier molecular flexibility index (Phi) is 8.73. The number of rotatable bonds is 8. The second kappa shape index (κ2) is 12.6. The standard InChI is InChI=1S/C33H25ClF3N3O4/c1-3-43-27-17-20(14-15-26(27)44-32(42)21-9-6-8-19(2)16-21)18-38-40-31(41)30-28(22-10-4-5-13-25(22)34)23-11-7-12-24(29(23)39-30)33(35,36)37/h4-18,39H,3H2,1-2H3,(H,40,41). The average molecular weight is 620 g/mol. The molecule has 0 spiro atoms. The van der Waals surface area contributed by atoms with E-state index in [1.807, 2.05) is 13.0 Å². The van der Waals surface area contributed by atoms with Crippen LogP contribution in [0.4, 0.5) is 13.2 Å². The molecule has 0 saturated heterocycles. The average Bonchev–Trinajstić information content (AvgIpc) is 3.38. The maximum absolute atomic E-state index is 13.8. The highest BCUT2D eigenvalue weighted by atomic mass is 35.5. The van der Waals surface area contributed by atoms with E-state index in [0.29, 0.717) is 16.7 Å². The minimum atomic E-state index is -4.66. The van der Waals surface area contributed by atoms with E-state index in [1.54, 1.807) is 61.5 Å². The Balaban J connectivity index is 1.42. The van der Waals surface area contributed by atoms with Crippen LogP contribution in [0.25, 0.3) is 22.0 Å². The molecule has 44 heavy (non-hydrogen) atoms. The number of alkyl halides is 3. The van der Waals surface area contributed by atoms with E-state index in [9.17, 15) is 22.8 Å². The molecule has 1 heterocycles. The van der Waals surface area contributed by atoms with Crippen molar-refractivity contribution in [1.82, 2.24) is 10.4 Å². The Morgan fingerprint density at radius 3 is 2.48 bits per heavy atom. The molecule has 0 atom stereocenters. The number of H-pyrrole nitrogens is 1. The zero-order valence-corrected chi connectivity index (χ0v) is 24.2. The van der Waals surface area contributed by atoms with Crippen LogP contribution in [0.15, 0.2) is 90.0 Å². The molecule has 5 rings (SSSR count). The molecule has 5 aromatic rings. The van der Waals surface area contributed by atoms with Crippen LogP contribution in [0.5, 0.6) is 11.5 Å². The van der Waals surface area contributed by atoms with Crippen molar-refractivity contribution in [3.63, 3.8) is 0 Å². The third kappa shape index (κ3) is 6.45. The molecular formula is C33H25ClF3N3O4. The number of hydrogen-bond donors (Lipinski definition) is 2. The van der Waals surface area contributed by atoms with Crippen LogP contribution in [0.3, 0.4) is 0 Å². The zero-order chi connectivity index (χ0) is 31.4. The lowest BCUT2D eigenvalue weighted by Gasteiger charge is -2.11. The smallest absolute Gasteiger partial charge is 0.418 e. The number of ether oxygens (including phenoxy) is 2. The van der Waals surface area contributed by atoms with Gasteiger partial charge in [0.1, 0.15) is 5.69 Å². The highest BCUT2D eigenvalue weighted by Gasteiger charge is 2.35. The molecule has 0 saturated carbocycles. The molecule has 0 fully saturated rings. The highest BCUT2D eigenvalue weighted by Crippen LogP contribution is 2.41. The molecule has 2 N–H and O–H groups in total. The quantitative estimate of drug-likeness (QED) is 0.0792. The predicted octanol–water partition coefficient (Wildman–Crippen LogP) is 8.20. The number of nitrogens with one attached hydrogen (secondary N) is 2. The molecule has 7 nitrogen and oxygen atoms in total. The molecule has 0 unspecified atom stereocenters. The maximum atomic E-state index is 13.8. The van der Waals surface area contributed by atoms with Gasteiger partial charge in [-0.05, 0) is 61.9 Å². The van der Waals surface area contributed by atoms with Crippen LogP contribution >= 0.6 is 11.6 Å². The SMILES string of the molecule is CCOc1cc(C=NNC(=O)c2[nH]c3c(C(F)(F)F)cccc3c2-c2ccccc2Cl)ccc1OC(=O)c1cccc(C)c1. The number of fused-ring (bicyclic) bond motifs is 1. The number of aryl methyl sites for hydroxylation is 1. The lowest BCUT2D eigenvalue weighted by Crippen LogP contribution is -2.19. The fourth-order valence-corrected chi connectivity index (χ4v) is 4.91. The summed E-state index contributed by atoms with van der Waals surface area (Å²) >= 11 is 6.39. The fourth-order valence-electron chi connectivity index (χ4n) is 4.68. The summed E-state index contributed by atoms with van der Waals surface area (Å²) in [6, 6.07) is 21.9. The second-order valence-electron chi connectivity index (χ2n) is 9.68. The van der Waals surface area contributed by atoms with Gasteiger partial charge in [0, 0.05) is 21.5 Å². The van der Waals surface area contributed by atoms with Gasteiger partial charge in [-0.2, -0.15) is 18.3 Å². The monoisotopic (exact) mass is 619 g/mol. The number of hydrogen-bond acceptors (Lipinski definition) is 5. The Labute approximate surface area is 255 Å². The van der Waals surface area contributed by atoms with Crippen molar-refractivity contribution in [2.75, 3.05) is 6.61 Å². The lowest BCUT2D eigenvalue weighted by molar-refractivity contribution is -0.136. The molecular weight excluding hydrogens is 595 g/mol. The number of benzene rings is 4. The molecule has 4 aromatic carbocycles.